The van der Waals surface area contributed by atoms with Crippen molar-refractivity contribution in [1.82, 2.24) is 44.4 Å². The highest BCUT2D eigenvalue weighted by molar-refractivity contribution is 5.87. The number of nitrogens with zero attached hydrogens (tertiary/aromatic N) is 6. The van der Waals surface area contributed by atoms with E-state index in [1.807, 2.05) is 95.3 Å². The van der Waals surface area contributed by atoms with Crippen molar-refractivity contribution in [3.8, 4) is 17.2 Å². The van der Waals surface area contributed by atoms with Crippen LogP contribution < -0.4 is 14.2 Å². The second-order valence-corrected chi connectivity index (χ2v) is 33.5. The van der Waals surface area contributed by atoms with Crippen molar-refractivity contribution in [3.63, 3.8) is 0 Å². The lowest BCUT2D eigenvalue weighted by Gasteiger charge is -2.46. The number of aromatic amines is 3. The van der Waals surface area contributed by atoms with Crippen molar-refractivity contribution in [1.29, 1.82) is 0 Å². The van der Waals surface area contributed by atoms with E-state index in [9.17, 15) is 17.6 Å². The molecule has 7 aliphatic rings. The van der Waals surface area contributed by atoms with Crippen LogP contribution in [0.4, 0.5) is 43.9 Å². The standard InChI is InChI=1S/C29H34F3N3O2.C29H37F2N3O.C28H32F5N3O/c1-3-19-13-34(14-19)8-9-37-20-11-23(30)26(24(31)12-20)28-27-22(21-6-4-5-7-25(21)33-27)10-18(2)35(28)15-29(32)16-36-17-29;1-19-13-24-22-7-5-6-8-26(22)32-27(24)28(34(19)18-29(2,3)4)23-10-9-21(14-25(23)31)35-12-11-33-16-20(15-30)17-33;1-16-10-20-19-6-4-5-7-23(19)34-25(20)26(36(16)15-28(2,3)33)24-21(29)11-18(12-22(24)30)37-9-8-35-13-17(14-35)27(31)32/h4-7,11-12,18-19,28,33H,3,8-10,13-17H2,1-2H3;5-10,14,19-20,28,32H,11-13,15-18H2,1-4H3;4-7,11-12,16-17,26-27,34H,8-10,13-15H2,1-3H3/t18-,28-;19-,28-;16-,26-/m111/s1. The molecule has 7 aliphatic heterocycles. The molecule has 6 atom stereocenters. The lowest BCUT2D eigenvalue weighted by molar-refractivity contribution is -0.148. The molecule has 10 heterocycles. The lowest BCUT2D eigenvalue weighted by atomic mass is 9.85. The SMILES string of the molecule is CCC1CN(CCOc2cc(F)c([C@@H]3c4[nH]c5ccccc5c4C[C@@H](C)N3CC3(F)COC3)c(F)c2)C1.C[C@@H]1Cc2c([nH]c3ccccc23)[C@@H](c2c(F)cc(OCCN3CC(C(F)F)C3)cc2F)N1CC(C)(C)F.C[C@@H]1Cc2c([nH]c3ccccc23)[C@@H](c2ccc(OCCN3CC(CF)C3)cc2F)N1CC(C)(C)C. The largest absolute Gasteiger partial charge is 0.492 e. The summed E-state index contributed by atoms with van der Waals surface area (Å²) in [7, 11) is 0. The van der Waals surface area contributed by atoms with E-state index < -0.39 is 59.0 Å². The molecule has 23 heteroatoms. The van der Waals surface area contributed by atoms with Crippen LogP contribution in [0.1, 0.15) is 137 Å². The van der Waals surface area contributed by atoms with Gasteiger partial charge in [0.25, 0.3) is 0 Å². The zero-order valence-electron chi connectivity index (χ0n) is 63.9. The number of likely N-dealkylation sites (tertiary alicyclic amines) is 3. The van der Waals surface area contributed by atoms with E-state index in [-0.39, 0.29) is 117 Å². The van der Waals surface area contributed by atoms with Crippen molar-refractivity contribution in [2.75, 3.05) is 118 Å². The molecule has 16 rings (SSSR count). The number of hydrogen-bond acceptors (Lipinski definition) is 10. The molecule has 109 heavy (non-hydrogen) atoms. The molecule has 4 fully saturated rings. The fraction of sp³-hybridized carbons (Fsp3) is 0.512. The molecule has 6 aromatic carbocycles. The van der Waals surface area contributed by atoms with Gasteiger partial charge in [0.2, 0.25) is 6.43 Å². The zero-order chi connectivity index (χ0) is 77.0. The first kappa shape index (κ1) is 78.1. The molecule has 4 saturated heterocycles. The summed E-state index contributed by atoms with van der Waals surface area (Å²) in [5.41, 5.74) is 6.09. The van der Waals surface area contributed by atoms with Gasteiger partial charge in [0.1, 0.15) is 71.8 Å². The van der Waals surface area contributed by atoms with E-state index in [4.69, 9.17) is 18.9 Å². The molecule has 0 saturated carbocycles. The third-order valence-corrected chi connectivity index (χ3v) is 23.1. The van der Waals surface area contributed by atoms with E-state index in [0.29, 0.717) is 49.6 Å². The monoisotopic (exact) mass is 1520 g/mol. The number of benzene rings is 6. The van der Waals surface area contributed by atoms with Crippen LogP contribution in [0.15, 0.2) is 115 Å². The third-order valence-electron chi connectivity index (χ3n) is 23.1. The molecule has 9 aromatic rings. The molecular formula is C86H103F10N9O4. The van der Waals surface area contributed by atoms with Crippen LogP contribution in [-0.2, 0) is 24.0 Å². The van der Waals surface area contributed by atoms with Crippen LogP contribution in [0.5, 0.6) is 17.2 Å². The molecule has 3 aromatic heterocycles. The number of H-pyrrole nitrogens is 3. The first-order chi connectivity index (χ1) is 52.1. The highest BCUT2D eigenvalue weighted by Crippen LogP contribution is 2.48. The van der Waals surface area contributed by atoms with Gasteiger partial charge in [-0.05, 0) is 106 Å². The Kier molecular flexibility index (Phi) is 23.1. The zero-order valence-corrected chi connectivity index (χ0v) is 63.9. The van der Waals surface area contributed by atoms with Crippen molar-refractivity contribution in [2.24, 2.45) is 23.2 Å². The molecule has 0 spiro atoms. The summed E-state index contributed by atoms with van der Waals surface area (Å²) in [6.45, 7) is 25.7. The second-order valence-electron chi connectivity index (χ2n) is 33.5. The van der Waals surface area contributed by atoms with E-state index in [2.05, 4.69) is 82.5 Å². The molecule has 0 aliphatic carbocycles. The van der Waals surface area contributed by atoms with Crippen molar-refractivity contribution in [2.45, 2.75) is 142 Å². The first-order valence-electron chi connectivity index (χ1n) is 38.8. The Labute approximate surface area is 632 Å². The predicted molar refractivity (Wildman–Crippen MR) is 407 cm³/mol. The van der Waals surface area contributed by atoms with Gasteiger partial charge in [-0.1, -0.05) is 94.8 Å². The molecule has 0 unspecified atom stereocenters. The molecule has 3 N–H and O–H groups in total. The summed E-state index contributed by atoms with van der Waals surface area (Å²) in [5.74, 6) is -2.15. The Bertz CT molecular complexity index is 4600. The Morgan fingerprint density at radius 3 is 1.30 bits per heavy atom. The van der Waals surface area contributed by atoms with Crippen LogP contribution in [0.3, 0.4) is 0 Å². The number of halogens is 10. The van der Waals surface area contributed by atoms with Gasteiger partial charge < -0.3 is 33.9 Å². The summed E-state index contributed by atoms with van der Waals surface area (Å²) in [6, 6.07) is 32.3. The maximum Gasteiger partial charge on any atom is 0.243 e. The lowest BCUT2D eigenvalue weighted by Crippen LogP contribution is -2.57. The number of alkyl halides is 5. The van der Waals surface area contributed by atoms with Gasteiger partial charge >= 0.3 is 0 Å². The average Bonchev–Trinajstić information content (AvgIpc) is 1.63. The maximum absolute atomic E-state index is 15.7. The van der Waals surface area contributed by atoms with Gasteiger partial charge in [-0.15, -0.1) is 0 Å². The summed E-state index contributed by atoms with van der Waals surface area (Å²) in [6.07, 6.45) is 1.05. The highest BCUT2D eigenvalue weighted by Gasteiger charge is 2.48. The molecule has 0 radical (unpaired) electrons. The Balaban J connectivity index is 0.000000137. The number of para-hydroxylation sites is 3. The minimum Gasteiger partial charge on any atom is -0.492 e. The predicted octanol–water partition coefficient (Wildman–Crippen LogP) is 17.3. The van der Waals surface area contributed by atoms with E-state index in [0.717, 1.165) is 120 Å². The molecule has 0 amide bonds. The number of rotatable bonds is 23. The van der Waals surface area contributed by atoms with Gasteiger partial charge in [-0.3, -0.25) is 33.8 Å². The first-order valence-corrected chi connectivity index (χ1v) is 38.8. The van der Waals surface area contributed by atoms with Gasteiger partial charge in [0, 0.05) is 205 Å². The van der Waals surface area contributed by atoms with Crippen LogP contribution >= 0.6 is 0 Å². The van der Waals surface area contributed by atoms with Gasteiger partial charge in [-0.2, -0.15) is 0 Å². The van der Waals surface area contributed by atoms with Crippen molar-refractivity contribution < 1.29 is 62.9 Å². The van der Waals surface area contributed by atoms with Crippen LogP contribution in [0, 0.1) is 52.3 Å². The van der Waals surface area contributed by atoms with Gasteiger partial charge in [0.15, 0.2) is 5.67 Å². The van der Waals surface area contributed by atoms with E-state index >= 15 is 26.3 Å². The van der Waals surface area contributed by atoms with E-state index in [1.165, 1.54) is 49.4 Å². The van der Waals surface area contributed by atoms with E-state index in [1.54, 1.807) is 0 Å². The molecule has 586 valence electrons. The Morgan fingerprint density at radius 2 is 0.899 bits per heavy atom. The van der Waals surface area contributed by atoms with Gasteiger partial charge in [0.05, 0.1) is 38.0 Å². The Hall–Kier alpha value is -7.64. The van der Waals surface area contributed by atoms with Crippen LogP contribution in [-0.4, -0.2) is 198 Å². The quantitative estimate of drug-likeness (QED) is 0.0537. The number of fused-ring (bicyclic) bond motifs is 9. The second kappa shape index (κ2) is 32.2. The third kappa shape index (κ3) is 16.9. The summed E-state index contributed by atoms with van der Waals surface area (Å²) < 4.78 is 169. The molecular weight excluding hydrogens is 1410 g/mol. The van der Waals surface area contributed by atoms with Crippen LogP contribution in [0.25, 0.3) is 32.7 Å². The van der Waals surface area contributed by atoms with Crippen molar-refractivity contribution in [3.05, 3.63) is 195 Å². The topological polar surface area (TPSA) is 104 Å². The Morgan fingerprint density at radius 1 is 0.505 bits per heavy atom. The summed E-state index contributed by atoms with van der Waals surface area (Å²) in [4.78, 5) is 22.8. The summed E-state index contributed by atoms with van der Waals surface area (Å²) in [5, 5.41) is 3.26. The fourth-order valence-electron chi connectivity index (χ4n) is 17.5. The average molecular weight is 1520 g/mol. The van der Waals surface area contributed by atoms with Crippen molar-refractivity contribution >= 4 is 32.7 Å². The summed E-state index contributed by atoms with van der Waals surface area (Å²) >= 11 is 0. The normalized spacial score (nSPS) is 22.4. The minimum atomic E-state index is -2.34. The van der Waals surface area contributed by atoms with Gasteiger partial charge in [-0.25, -0.2) is 39.5 Å². The number of hydrogen-bond donors (Lipinski definition) is 3. The highest BCUT2D eigenvalue weighted by atomic mass is 19.3. The minimum absolute atomic E-state index is 0.000214. The fourth-order valence-corrected chi connectivity index (χ4v) is 17.5. The number of aromatic nitrogens is 3. The molecule has 0 bridgehead atoms. The number of nitrogens with one attached hydrogen (secondary N) is 3. The maximum atomic E-state index is 15.7. The molecule has 13 nitrogen and oxygen atoms in total. The van der Waals surface area contributed by atoms with Crippen LogP contribution in [0.2, 0.25) is 0 Å². The number of ether oxygens (including phenoxy) is 4. The smallest absolute Gasteiger partial charge is 0.243 e.